The molecule has 5 heteroatoms. The van der Waals surface area contributed by atoms with Crippen LogP contribution in [0.1, 0.15) is 27.7 Å². The molecule has 0 aromatic rings. The Kier molecular flexibility index (Phi) is 5.49. The van der Waals surface area contributed by atoms with Crippen molar-refractivity contribution >= 4 is 6.09 Å². The highest BCUT2D eigenvalue weighted by atomic mass is 16.7. The number of hydrogen-bond acceptors (Lipinski definition) is 4. The predicted octanol–water partition coefficient (Wildman–Crippen LogP) is 1.04. The average Bonchev–Trinajstić information content (AvgIpc) is 2.00. The molecule has 0 radical (unpaired) electrons. The fourth-order valence-electron chi connectivity index (χ4n) is 0.610. The van der Waals surface area contributed by atoms with E-state index in [1.165, 1.54) is 0 Å². The van der Waals surface area contributed by atoms with Crippen LogP contribution in [-0.4, -0.2) is 24.8 Å². The van der Waals surface area contributed by atoms with Crippen molar-refractivity contribution in [2.45, 2.75) is 33.3 Å². The van der Waals surface area contributed by atoms with E-state index in [1.54, 1.807) is 20.8 Å². The highest BCUT2D eigenvalue weighted by Gasteiger charge is 2.16. The lowest BCUT2D eigenvalue weighted by Crippen LogP contribution is -2.34. The van der Waals surface area contributed by atoms with Gasteiger partial charge in [-0.1, -0.05) is 6.92 Å². The second-order valence-corrected chi connectivity index (χ2v) is 4.26. The van der Waals surface area contributed by atoms with Gasteiger partial charge in [0.1, 0.15) is 5.60 Å². The zero-order valence-corrected chi connectivity index (χ0v) is 9.29. The normalized spacial score (nSPS) is 13.5. The number of rotatable bonds is 4. The Hall–Kier alpha value is -0.810. The molecule has 0 saturated heterocycles. The summed E-state index contributed by atoms with van der Waals surface area (Å²) >= 11 is 0. The molecule has 0 rings (SSSR count). The predicted molar refractivity (Wildman–Crippen MR) is 53.5 cm³/mol. The summed E-state index contributed by atoms with van der Waals surface area (Å²) < 4.78 is 4.95. The van der Waals surface area contributed by atoms with Gasteiger partial charge in [0.05, 0.1) is 6.61 Å². The third kappa shape index (κ3) is 7.82. The van der Waals surface area contributed by atoms with Gasteiger partial charge in [0.25, 0.3) is 0 Å². The molecular formula is C9H20N2O3. The first-order chi connectivity index (χ1) is 6.35. The van der Waals surface area contributed by atoms with Crippen molar-refractivity contribution in [2.24, 2.45) is 11.7 Å². The van der Waals surface area contributed by atoms with Gasteiger partial charge in [-0.05, 0) is 33.2 Å². The maximum absolute atomic E-state index is 11.0. The molecule has 0 spiro atoms. The topological polar surface area (TPSA) is 73.6 Å². The Bertz CT molecular complexity index is 177. The smallest absolute Gasteiger partial charge is 0.431 e. The van der Waals surface area contributed by atoms with Crippen molar-refractivity contribution in [3.05, 3.63) is 0 Å². The standard InChI is InChI=1S/C9H20N2O3/c1-7(5-10)6-13-11-8(12)14-9(2,3)4/h7H,5-6,10H2,1-4H3,(H,11,12). The van der Waals surface area contributed by atoms with Gasteiger partial charge >= 0.3 is 6.09 Å². The first-order valence-electron chi connectivity index (χ1n) is 4.66. The molecule has 5 nitrogen and oxygen atoms in total. The van der Waals surface area contributed by atoms with Gasteiger partial charge in [0, 0.05) is 0 Å². The van der Waals surface area contributed by atoms with E-state index >= 15 is 0 Å². The van der Waals surface area contributed by atoms with Crippen molar-refractivity contribution in [2.75, 3.05) is 13.2 Å². The van der Waals surface area contributed by atoms with Gasteiger partial charge in [0.2, 0.25) is 0 Å². The van der Waals surface area contributed by atoms with Crippen LogP contribution in [0.25, 0.3) is 0 Å². The second kappa shape index (κ2) is 5.82. The number of carbonyl (C=O) groups excluding carboxylic acids is 1. The minimum Gasteiger partial charge on any atom is -0.442 e. The van der Waals surface area contributed by atoms with Gasteiger partial charge in [-0.2, -0.15) is 5.48 Å². The van der Waals surface area contributed by atoms with E-state index < -0.39 is 11.7 Å². The van der Waals surface area contributed by atoms with E-state index in [1.807, 2.05) is 6.92 Å². The van der Waals surface area contributed by atoms with Crippen LogP contribution in [0.2, 0.25) is 0 Å². The van der Waals surface area contributed by atoms with Crippen LogP contribution in [0.3, 0.4) is 0 Å². The van der Waals surface area contributed by atoms with Gasteiger partial charge < -0.3 is 10.5 Å². The van der Waals surface area contributed by atoms with Crippen molar-refractivity contribution < 1.29 is 14.4 Å². The molecule has 0 aromatic heterocycles. The number of ether oxygens (including phenoxy) is 1. The lowest BCUT2D eigenvalue weighted by atomic mass is 10.2. The average molecular weight is 204 g/mol. The molecule has 0 bridgehead atoms. The van der Waals surface area contributed by atoms with Crippen LogP contribution >= 0.6 is 0 Å². The van der Waals surface area contributed by atoms with Crippen LogP contribution in [0.4, 0.5) is 4.79 Å². The molecule has 0 fully saturated rings. The van der Waals surface area contributed by atoms with E-state index in [4.69, 9.17) is 15.3 Å². The quantitative estimate of drug-likeness (QED) is 0.671. The highest BCUT2D eigenvalue weighted by Crippen LogP contribution is 2.06. The van der Waals surface area contributed by atoms with Crippen molar-refractivity contribution in [3.63, 3.8) is 0 Å². The number of nitrogens with one attached hydrogen (secondary N) is 1. The lowest BCUT2D eigenvalue weighted by Gasteiger charge is -2.19. The van der Waals surface area contributed by atoms with Crippen molar-refractivity contribution in [3.8, 4) is 0 Å². The van der Waals surface area contributed by atoms with E-state index in [9.17, 15) is 4.79 Å². The Morgan fingerprint density at radius 1 is 1.50 bits per heavy atom. The van der Waals surface area contributed by atoms with E-state index in [0.717, 1.165) is 0 Å². The van der Waals surface area contributed by atoms with Crippen molar-refractivity contribution in [1.29, 1.82) is 0 Å². The monoisotopic (exact) mass is 204 g/mol. The Labute approximate surface area is 84.9 Å². The summed E-state index contributed by atoms with van der Waals surface area (Å²) in [6, 6.07) is 0. The molecule has 1 unspecified atom stereocenters. The number of carbonyl (C=O) groups is 1. The molecule has 0 aliphatic heterocycles. The van der Waals surface area contributed by atoms with Gasteiger partial charge in [-0.15, -0.1) is 0 Å². The fourth-order valence-corrected chi connectivity index (χ4v) is 0.610. The zero-order chi connectivity index (χ0) is 11.2. The number of nitrogens with two attached hydrogens (primary N) is 1. The molecule has 1 amide bonds. The van der Waals surface area contributed by atoms with Gasteiger partial charge in [0.15, 0.2) is 0 Å². The largest absolute Gasteiger partial charge is 0.442 e. The molecule has 1 atom stereocenters. The number of hydroxylamine groups is 1. The molecule has 0 aliphatic carbocycles. The SMILES string of the molecule is CC(CN)CONC(=O)OC(C)(C)C. The number of amides is 1. The van der Waals surface area contributed by atoms with Crippen molar-refractivity contribution in [1.82, 2.24) is 5.48 Å². The van der Waals surface area contributed by atoms with Gasteiger partial charge in [-0.25, -0.2) is 4.79 Å². The molecule has 14 heavy (non-hydrogen) atoms. The van der Waals surface area contributed by atoms with Crippen LogP contribution in [0, 0.1) is 5.92 Å². The maximum atomic E-state index is 11.0. The lowest BCUT2D eigenvalue weighted by molar-refractivity contribution is -0.0154. The molecule has 3 N–H and O–H groups in total. The molecule has 0 aromatic carbocycles. The Morgan fingerprint density at radius 3 is 2.50 bits per heavy atom. The summed E-state index contributed by atoms with van der Waals surface area (Å²) in [7, 11) is 0. The van der Waals surface area contributed by atoms with Crippen LogP contribution in [0.5, 0.6) is 0 Å². The minimum atomic E-state index is -0.582. The fraction of sp³-hybridized carbons (Fsp3) is 0.889. The summed E-state index contributed by atoms with van der Waals surface area (Å²) in [5.74, 6) is 0.213. The third-order valence-electron chi connectivity index (χ3n) is 1.32. The Morgan fingerprint density at radius 2 is 2.07 bits per heavy atom. The van der Waals surface area contributed by atoms with Gasteiger partial charge in [-0.3, -0.25) is 4.84 Å². The Balaban J connectivity index is 3.55. The first-order valence-corrected chi connectivity index (χ1v) is 4.66. The van der Waals surface area contributed by atoms with E-state index in [-0.39, 0.29) is 5.92 Å². The minimum absolute atomic E-state index is 0.213. The number of hydrogen-bond donors (Lipinski definition) is 2. The summed E-state index contributed by atoms with van der Waals surface area (Å²) in [6.07, 6.45) is -0.582. The summed E-state index contributed by atoms with van der Waals surface area (Å²) in [6.45, 7) is 8.20. The van der Waals surface area contributed by atoms with Crippen LogP contribution in [-0.2, 0) is 9.57 Å². The van der Waals surface area contributed by atoms with Crippen LogP contribution in [0.15, 0.2) is 0 Å². The van der Waals surface area contributed by atoms with E-state index in [2.05, 4.69) is 5.48 Å². The second-order valence-electron chi connectivity index (χ2n) is 4.26. The summed E-state index contributed by atoms with van der Waals surface area (Å²) in [5.41, 5.74) is 7.05. The molecule has 0 saturated carbocycles. The maximum Gasteiger partial charge on any atom is 0.431 e. The third-order valence-corrected chi connectivity index (χ3v) is 1.32. The van der Waals surface area contributed by atoms with E-state index in [0.29, 0.717) is 13.2 Å². The molecule has 0 heterocycles. The highest BCUT2D eigenvalue weighted by molar-refractivity contribution is 5.66. The molecule has 84 valence electrons. The zero-order valence-electron chi connectivity index (χ0n) is 9.29. The molecule has 0 aliphatic rings. The summed E-state index contributed by atoms with van der Waals surface area (Å²) in [4.78, 5) is 15.9. The molecular weight excluding hydrogens is 184 g/mol. The summed E-state index contributed by atoms with van der Waals surface area (Å²) in [5, 5.41) is 0. The first kappa shape index (κ1) is 13.2. The van der Waals surface area contributed by atoms with Crippen LogP contribution < -0.4 is 11.2 Å².